The number of nitrogens with one attached hydrogen (secondary N) is 3. The highest BCUT2D eigenvalue weighted by Crippen LogP contribution is 2.22. The van der Waals surface area contributed by atoms with Crippen molar-refractivity contribution in [3.8, 4) is 0 Å². The van der Waals surface area contributed by atoms with Gasteiger partial charge in [0.05, 0.1) is 12.3 Å². The first-order chi connectivity index (χ1) is 14.2. The fraction of sp³-hybridized carbons (Fsp3) is 0.455. The fourth-order valence-corrected chi connectivity index (χ4v) is 3.84. The smallest absolute Gasteiger partial charge is 0.162 e. The number of β-amino-alcohol motifs (C(OH)–C–C–N with tert-alkyl or cyclic N) is 1. The molecule has 7 heteroatoms. The SMILES string of the molecule is CCc1cnn2c(NCc3ccccc3C)cc(NC[C@H]3CCNC[C@@H]3O)nc12. The Bertz CT molecular complexity index is 969. The van der Waals surface area contributed by atoms with Crippen LogP contribution in [0, 0.1) is 12.8 Å². The summed E-state index contributed by atoms with van der Waals surface area (Å²) in [5, 5.41) is 25.0. The van der Waals surface area contributed by atoms with E-state index in [0.717, 1.165) is 48.8 Å². The number of hydrogen-bond donors (Lipinski definition) is 4. The van der Waals surface area contributed by atoms with Gasteiger partial charge in [-0.15, -0.1) is 0 Å². The quantitative estimate of drug-likeness (QED) is 0.493. The van der Waals surface area contributed by atoms with Gasteiger partial charge in [-0.25, -0.2) is 4.98 Å². The highest BCUT2D eigenvalue weighted by molar-refractivity contribution is 5.60. The number of aromatic nitrogens is 3. The van der Waals surface area contributed by atoms with E-state index in [1.54, 1.807) is 0 Å². The zero-order valence-electron chi connectivity index (χ0n) is 17.2. The summed E-state index contributed by atoms with van der Waals surface area (Å²) in [4.78, 5) is 4.80. The lowest BCUT2D eigenvalue weighted by molar-refractivity contribution is 0.0883. The maximum Gasteiger partial charge on any atom is 0.162 e. The Hall–Kier alpha value is -2.64. The van der Waals surface area contributed by atoms with Crippen molar-refractivity contribution in [2.24, 2.45) is 5.92 Å². The molecule has 1 aromatic carbocycles. The second kappa shape index (κ2) is 8.80. The first-order valence-electron chi connectivity index (χ1n) is 10.4. The predicted octanol–water partition coefficient (Wildman–Crippen LogP) is 2.59. The summed E-state index contributed by atoms with van der Waals surface area (Å²) in [6.07, 6.45) is 3.41. The van der Waals surface area contributed by atoms with Crippen LogP contribution in [0.2, 0.25) is 0 Å². The third-order valence-electron chi connectivity index (χ3n) is 5.78. The first-order valence-corrected chi connectivity index (χ1v) is 10.4. The number of nitrogens with zero attached hydrogens (tertiary/aromatic N) is 3. The molecule has 1 aliphatic rings. The van der Waals surface area contributed by atoms with Gasteiger partial charge < -0.3 is 21.1 Å². The number of piperidine rings is 1. The minimum atomic E-state index is -0.320. The van der Waals surface area contributed by atoms with Crippen LogP contribution in [0.5, 0.6) is 0 Å². The second-order valence-corrected chi connectivity index (χ2v) is 7.77. The van der Waals surface area contributed by atoms with Gasteiger partial charge in [-0.3, -0.25) is 0 Å². The third kappa shape index (κ3) is 4.36. The molecule has 0 radical (unpaired) electrons. The maximum absolute atomic E-state index is 10.2. The summed E-state index contributed by atoms with van der Waals surface area (Å²) >= 11 is 0. The molecule has 2 aromatic heterocycles. The van der Waals surface area contributed by atoms with Gasteiger partial charge in [-0.1, -0.05) is 31.2 Å². The highest BCUT2D eigenvalue weighted by Gasteiger charge is 2.22. The van der Waals surface area contributed by atoms with Crippen LogP contribution in [0.3, 0.4) is 0 Å². The molecule has 0 saturated carbocycles. The monoisotopic (exact) mass is 394 g/mol. The Balaban J connectivity index is 1.57. The molecular formula is C22H30N6O. The van der Waals surface area contributed by atoms with Gasteiger partial charge in [-0.05, 0) is 37.4 Å². The van der Waals surface area contributed by atoms with Crippen LogP contribution in [-0.4, -0.2) is 45.4 Å². The van der Waals surface area contributed by atoms with E-state index in [2.05, 4.69) is 59.2 Å². The molecule has 0 spiro atoms. The van der Waals surface area contributed by atoms with Crippen molar-refractivity contribution in [2.75, 3.05) is 30.3 Å². The van der Waals surface area contributed by atoms with E-state index in [1.165, 1.54) is 11.1 Å². The second-order valence-electron chi connectivity index (χ2n) is 7.77. The summed E-state index contributed by atoms with van der Waals surface area (Å²) in [6.45, 7) is 7.27. The van der Waals surface area contributed by atoms with Crippen molar-refractivity contribution in [3.63, 3.8) is 0 Å². The molecule has 154 valence electrons. The molecule has 0 unspecified atom stereocenters. The van der Waals surface area contributed by atoms with Gasteiger partial charge in [0.15, 0.2) is 5.65 Å². The molecule has 3 aromatic rings. The number of aryl methyl sites for hydroxylation is 2. The number of aliphatic hydroxyl groups excluding tert-OH is 1. The first kappa shape index (κ1) is 19.7. The summed E-state index contributed by atoms with van der Waals surface area (Å²) in [7, 11) is 0. The fourth-order valence-electron chi connectivity index (χ4n) is 3.84. The molecule has 1 fully saturated rings. The summed E-state index contributed by atoms with van der Waals surface area (Å²) in [6, 6.07) is 10.4. The number of rotatable bonds is 7. The maximum atomic E-state index is 10.2. The minimum absolute atomic E-state index is 0.230. The molecule has 4 N–H and O–H groups in total. The van der Waals surface area contributed by atoms with Gasteiger partial charge in [0.2, 0.25) is 0 Å². The summed E-state index contributed by atoms with van der Waals surface area (Å²) < 4.78 is 1.88. The summed E-state index contributed by atoms with van der Waals surface area (Å²) in [5.74, 6) is 1.95. The number of benzene rings is 1. The van der Waals surface area contributed by atoms with E-state index in [-0.39, 0.29) is 12.0 Å². The molecule has 0 aliphatic carbocycles. The Morgan fingerprint density at radius 2 is 2.10 bits per heavy atom. The number of anilines is 2. The topological polar surface area (TPSA) is 86.5 Å². The van der Waals surface area contributed by atoms with Gasteiger partial charge in [0.25, 0.3) is 0 Å². The van der Waals surface area contributed by atoms with Crippen LogP contribution >= 0.6 is 0 Å². The van der Waals surface area contributed by atoms with Crippen molar-refractivity contribution < 1.29 is 5.11 Å². The Labute approximate surface area is 171 Å². The average molecular weight is 395 g/mol. The van der Waals surface area contributed by atoms with E-state index >= 15 is 0 Å². The third-order valence-corrected chi connectivity index (χ3v) is 5.78. The lowest BCUT2D eigenvalue weighted by Gasteiger charge is -2.28. The molecule has 2 atom stereocenters. The van der Waals surface area contributed by atoms with Crippen LogP contribution in [0.4, 0.5) is 11.6 Å². The van der Waals surface area contributed by atoms with Crippen molar-refractivity contribution in [1.82, 2.24) is 19.9 Å². The van der Waals surface area contributed by atoms with Crippen LogP contribution < -0.4 is 16.0 Å². The minimum Gasteiger partial charge on any atom is -0.391 e. The molecule has 7 nitrogen and oxygen atoms in total. The van der Waals surface area contributed by atoms with Crippen molar-refractivity contribution in [3.05, 3.63) is 53.2 Å². The van der Waals surface area contributed by atoms with Crippen LogP contribution in [0.25, 0.3) is 5.65 Å². The van der Waals surface area contributed by atoms with E-state index in [4.69, 9.17) is 4.98 Å². The van der Waals surface area contributed by atoms with Gasteiger partial charge in [0.1, 0.15) is 11.6 Å². The molecule has 29 heavy (non-hydrogen) atoms. The largest absolute Gasteiger partial charge is 0.391 e. The van der Waals surface area contributed by atoms with Gasteiger partial charge >= 0.3 is 0 Å². The highest BCUT2D eigenvalue weighted by atomic mass is 16.3. The van der Waals surface area contributed by atoms with Crippen LogP contribution in [-0.2, 0) is 13.0 Å². The van der Waals surface area contributed by atoms with Crippen LogP contribution in [0.1, 0.15) is 30.0 Å². The van der Waals surface area contributed by atoms with E-state index in [9.17, 15) is 5.11 Å². The number of fused-ring (bicyclic) bond motifs is 1. The Kier molecular flexibility index (Phi) is 5.97. The van der Waals surface area contributed by atoms with Crippen molar-refractivity contribution in [1.29, 1.82) is 0 Å². The standard InChI is InChI=1S/C22H30N6O/c1-3-16-13-26-28-21(25-11-17-7-5-4-6-15(17)2)10-20(27-22(16)28)24-12-18-8-9-23-14-19(18)29/h4-7,10,13,18-19,23,25,29H,3,8-9,11-12,14H2,1-2H3,(H,24,27)/t18-,19+/m1/s1. The summed E-state index contributed by atoms with van der Waals surface area (Å²) in [5.41, 5.74) is 4.51. The molecule has 0 bridgehead atoms. The molecule has 3 heterocycles. The van der Waals surface area contributed by atoms with Crippen molar-refractivity contribution in [2.45, 2.75) is 39.3 Å². The Morgan fingerprint density at radius 3 is 2.90 bits per heavy atom. The molecule has 4 rings (SSSR count). The van der Waals surface area contributed by atoms with E-state index < -0.39 is 0 Å². The average Bonchev–Trinajstić information content (AvgIpc) is 3.15. The molecule has 0 amide bonds. The molecular weight excluding hydrogens is 364 g/mol. The van der Waals surface area contributed by atoms with Gasteiger partial charge in [-0.2, -0.15) is 9.61 Å². The normalized spacial score (nSPS) is 19.4. The lowest BCUT2D eigenvalue weighted by Crippen LogP contribution is -2.43. The van der Waals surface area contributed by atoms with Crippen molar-refractivity contribution >= 4 is 17.3 Å². The lowest BCUT2D eigenvalue weighted by atomic mass is 9.95. The van der Waals surface area contributed by atoms with E-state index in [0.29, 0.717) is 13.1 Å². The molecule has 1 aliphatic heterocycles. The van der Waals surface area contributed by atoms with E-state index in [1.807, 2.05) is 16.8 Å². The predicted molar refractivity (Wildman–Crippen MR) is 116 cm³/mol. The number of aliphatic hydroxyl groups is 1. The molecule has 1 saturated heterocycles. The zero-order chi connectivity index (χ0) is 20.2. The van der Waals surface area contributed by atoms with Gasteiger partial charge in [0, 0.05) is 37.2 Å². The number of hydrogen-bond acceptors (Lipinski definition) is 6. The van der Waals surface area contributed by atoms with Crippen LogP contribution in [0.15, 0.2) is 36.5 Å². The Morgan fingerprint density at radius 1 is 1.24 bits per heavy atom. The zero-order valence-corrected chi connectivity index (χ0v) is 17.2.